The van der Waals surface area contributed by atoms with Gasteiger partial charge in [0.15, 0.2) is 0 Å². The van der Waals surface area contributed by atoms with E-state index in [-0.39, 0.29) is 12.4 Å². The van der Waals surface area contributed by atoms with Gasteiger partial charge in [0.25, 0.3) is 11.5 Å². The van der Waals surface area contributed by atoms with Crippen LogP contribution in [0.4, 0.5) is 4.39 Å². The number of aromatic nitrogens is 2. The third kappa shape index (κ3) is 2.82. The van der Waals surface area contributed by atoms with Crippen molar-refractivity contribution in [3.05, 3.63) is 64.7 Å². The SMILES string of the molecule is NNC(=O)Cn1nc(-c2ccc(F)cc2)c2ccccc2c1=O. The zero-order chi connectivity index (χ0) is 16.4. The van der Waals surface area contributed by atoms with Crippen LogP contribution in [0.1, 0.15) is 0 Å². The predicted molar refractivity (Wildman–Crippen MR) is 83.7 cm³/mol. The van der Waals surface area contributed by atoms with Gasteiger partial charge in [-0.15, -0.1) is 0 Å². The molecule has 6 nitrogen and oxygen atoms in total. The van der Waals surface area contributed by atoms with Crippen molar-refractivity contribution in [2.75, 3.05) is 0 Å². The molecule has 23 heavy (non-hydrogen) atoms. The minimum atomic E-state index is -0.542. The normalized spacial score (nSPS) is 10.7. The highest BCUT2D eigenvalue weighted by Gasteiger charge is 2.13. The van der Waals surface area contributed by atoms with E-state index in [0.29, 0.717) is 22.0 Å². The second-order valence-electron chi connectivity index (χ2n) is 4.93. The summed E-state index contributed by atoms with van der Waals surface area (Å²) in [6.45, 7) is -0.297. The van der Waals surface area contributed by atoms with Gasteiger partial charge in [-0.05, 0) is 30.3 Å². The van der Waals surface area contributed by atoms with Gasteiger partial charge in [-0.25, -0.2) is 14.9 Å². The number of hydrazine groups is 1. The van der Waals surface area contributed by atoms with E-state index < -0.39 is 11.5 Å². The first-order valence-electron chi connectivity index (χ1n) is 6.85. The van der Waals surface area contributed by atoms with Crippen LogP contribution < -0.4 is 16.8 Å². The van der Waals surface area contributed by atoms with Crippen LogP contribution in [0.3, 0.4) is 0 Å². The lowest BCUT2D eigenvalue weighted by Gasteiger charge is -2.10. The number of carbonyl (C=O) groups excluding carboxylic acids is 1. The molecular formula is C16H13FN4O2. The number of hydrogen-bond donors (Lipinski definition) is 2. The first kappa shape index (κ1) is 14.9. The van der Waals surface area contributed by atoms with Crippen molar-refractivity contribution in [2.24, 2.45) is 5.84 Å². The number of fused-ring (bicyclic) bond motifs is 1. The molecule has 0 fully saturated rings. The molecule has 0 aliphatic rings. The maximum Gasteiger partial charge on any atom is 0.275 e. The highest BCUT2D eigenvalue weighted by atomic mass is 19.1. The molecule has 0 atom stereocenters. The lowest BCUT2D eigenvalue weighted by atomic mass is 10.1. The lowest BCUT2D eigenvalue weighted by Crippen LogP contribution is -2.37. The molecule has 0 aliphatic heterocycles. The molecule has 0 radical (unpaired) electrons. The maximum absolute atomic E-state index is 13.1. The van der Waals surface area contributed by atoms with Gasteiger partial charge in [0.2, 0.25) is 0 Å². The highest BCUT2D eigenvalue weighted by molar-refractivity contribution is 5.93. The van der Waals surface area contributed by atoms with Crippen molar-refractivity contribution in [1.82, 2.24) is 15.2 Å². The number of amides is 1. The van der Waals surface area contributed by atoms with Gasteiger partial charge in [0.1, 0.15) is 12.4 Å². The first-order valence-corrected chi connectivity index (χ1v) is 6.85. The van der Waals surface area contributed by atoms with Crippen molar-refractivity contribution < 1.29 is 9.18 Å². The summed E-state index contributed by atoms with van der Waals surface area (Å²) in [5, 5.41) is 5.31. The average molecular weight is 312 g/mol. The summed E-state index contributed by atoms with van der Waals surface area (Å²) in [4.78, 5) is 23.9. The van der Waals surface area contributed by atoms with Gasteiger partial charge in [-0.3, -0.25) is 15.0 Å². The Morgan fingerprint density at radius 1 is 1.13 bits per heavy atom. The second kappa shape index (κ2) is 5.98. The summed E-state index contributed by atoms with van der Waals surface area (Å²) in [6, 6.07) is 12.7. The third-order valence-corrected chi connectivity index (χ3v) is 3.44. The lowest BCUT2D eigenvalue weighted by molar-refractivity contribution is -0.121. The molecule has 1 heterocycles. The zero-order valence-corrected chi connectivity index (χ0v) is 12.0. The Balaban J connectivity index is 2.27. The summed E-state index contributed by atoms with van der Waals surface area (Å²) in [6.07, 6.45) is 0. The summed E-state index contributed by atoms with van der Waals surface area (Å²) in [5.74, 6) is 4.16. The van der Waals surface area contributed by atoms with Crippen LogP contribution in [0, 0.1) is 5.82 Å². The number of hydrogen-bond acceptors (Lipinski definition) is 4. The van der Waals surface area contributed by atoms with Crippen molar-refractivity contribution in [1.29, 1.82) is 0 Å². The van der Waals surface area contributed by atoms with Gasteiger partial charge in [0, 0.05) is 10.9 Å². The Morgan fingerprint density at radius 2 is 1.78 bits per heavy atom. The topological polar surface area (TPSA) is 90.0 Å². The Hall–Kier alpha value is -3.06. The molecular weight excluding hydrogens is 299 g/mol. The van der Waals surface area contributed by atoms with Crippen LogP contribution in [0.2, 0.25) is 0 Å². The van der Waals surface area contributed by atoms with Gasteiger partial charge < -0.3 is 0 Å². The van der Waals surface area contributed by atoms with E-state index in [1.807, 2.05) is 5.43 Å². The fraction of sp³-hybridized carbons (Fsp3) is 0.0625. The average Bonchev–Trinajstić information content (AvgIpc) is 2.58. The molecule has 2 aromatic carbocycles. The van der Waals surface area contributed by atoms with Crippen LogP contribution in [0.25, 0.3) is 22.0 Å². The monoisotopic (exact) mass is 312 g/mol. The molecule has 1 aromatic heterocycles. The van der Waals surface area contributed by atoms with Crippen LogP contribution in [-0.2, 0) is 11.3 Å². The van der Waals surface area contributed by atoms with Gasteiger partial charge in [-0.1, -0.05) is 18.2 Å². The number of nitrogens with two attached hydrogens (primary N) is 1. The van der Waals surface area contributed by atoms with Crippen molar-refractivity contribution >= 4 is 16.7 Å². The standard InChI is InChI=1S/C16H13FN4O2/c17-11-7-5-10(6-8-11)15-12-3-1-2-4-13(12)16(23)21(20-15)9-14(22)19-18/h1-8H,9,18H2,(H,19,22). The van der Waals surface area contributed by atoms with E-state index in [1.165, 1.54) is 12.1 Å². The number of rotatable bonds is 3. The zero-order valence-electron chi connectivity index (χ0n) is 12.0. The van der Waals surface area contributed by atoms with Crippen molar-refractivity contribution in [3.63, 3.8) is 0 Å². The first-order chi connectivity index (χ1) is 11.1. The van der Waals surface area contributed by atoms with Gasteiger partial charge in [0.05, 0.1) is 11.1 Å². The molecule has 0 unspecified atom stereocenters. The molecule has 7 heteroatoms. The molecule has 0 saturated carbocycles. The van der Waals surface area contributed by atoms with Crippen LogP contribution in [-0.4, -0.2) is 15.7 Å². The van der Waals surface area contributed by atoms with Crippen LogP contribution in [0.15, 0.2) is 53.3 Å². The van der Waals surface area contributed by atoms with E-state index in [1.54, 1.807) is 36.4 Å². The van der Waals surface area contributed by atoms with E-state index in [4.69, 9.17) is 5.84 Å². The molecule has 3 N–H and O–H groups in total. The molecule has 1 amide bonds. The third-order valence-electron chi connectivity index (χ3n) is 3.44. The smallest absolute Gasteiger partial charge is 0.275 e. The fourth-order valence-corrected chi connectivity index (χ4v) is 2.34. The number of carbonyl (C=O) groups is 1. The van der Waals surface area contributed by atoms with Crippen molar-refractivity contribution in [3.8, 4) is 11.3 Å². The summed E-state index contributed by atoms with van der Waals surface area (Å²) >= 11 is 0. The summed E-state index contributed by atoms with van der Waals surface area (Å²) in [7, 11) is 0. The minimum absolute atomic E-state index is 0.297. The van der Waals surface area contributed by atoms with E-state index >= 15 is 0 Å². The Bertz CT molecular complexity index is 935. The Morgan fingerprint density at radius 3 is 2.43 bits per heavy atom. The predicted octanol–water partition coefficient (Wildman–Crippen LogP) is 1.19. The molecule has 3 rings (SSSR count). The number of benzene rings is 2. The summed E-state index contributed by atoms with van der Waals surface area (Å²) in [5.41, 5.74) is 2.71. The number of halogens is 1. The fourth-order valence-electron chi connectivity index (χ4n) is 2.34. The molecule has 0 saturated heterocycles. The van der Waals surface area contributed by atoms with Gasteiger partial charge in [-0.2, -0.15) is 5.10 Å². The maximum atomic E-state index is 13.1. The second-order valence-corrected chi connectivity index (χ2v) is 4.93. The Labute approximate surface area is 130 Å². The van der Waals surface area contributed by atoms with Crippen molar-refractivity contribution in [2.45, 2.75) is 6.54 Å². The number of nitrogens with zero attached hydrogens (tertiary/aromatic N) is 2. The Kier molecular flexibility index (Phi) is 3.86. The van der Waals surface area contributed by atoms with E-state index in [2.05, 4.69) is 5.10 Å². The van der Waals surface area contributed by atoms with Crippen LogP contribution in [0.5, 0.6) is 0 Å². The molecule has 0 aliphatic carbocycles. The molecule has 3 aromatic rings. The molecule has 0 spiro atoms. The highest BCUT2D eigenvalue weighted by Crippen LogP contribution is 2.24. The van der Waals surface area contributed by atoms with E-state index in [9.17, 15) is 14.0 Å². The van der Waals surface area contributed by atoms with Crippen LogP contribution >= 0.6 is 0 Å². The summed E-state index contributed by atoms with van der Waals surface area (Å²) < 4.78 is 14.2. The molecule has 116 valence electrons. The quantitative estimate of drug-likeness (QED) is 0.432. The largest absolute Gasteiger partial charge is 0.293 e. The van der Waals surface area contributed by atoms with E-state index in [0.717, 1.165) is 4.68 Å². The number of nitrogens with one attached hydrogen (secondary N) is 1. The minimum Gasteiger partial charge on any atom is -0.293 e. The molecule has 0 bridgehead atoms. The van der Waals surface area contributed by atoms with Gasteiger partial charge >= 0.3 is 0 Å².